The molecule has 30 heavy (non-hydrogen) atoms. The Labute approximate surface area is 184 Å². The summed E-state index contributed by atoms with van der Waals surface area (Å²) in [6.07, 6.45) is 9.16. The predicted molar refractivity (Wildman–Crippen MR) is 121 cm³/mol. The zero-order valence-corrected chi connectivity index (χ0v) is 17.9. The number of hydrogen-bond acceptors (Lipinski definition) is 3. The van der Waals surface area contributed by atoms with Gasteiger partial charge in [-0.25, -0.2) is 4.98 Å². The molecular weight excluding hydrogens is 419 g/mol. The second-order valence-electron chi connectivity index (χ2n) is 6.92. The fourth-order valence-corrected chi connectivity index (χ4v) is 4.15. The van der Waals surface area contributed by atoms with Crippen LogP contribution in [0, 0.1) is 0 Å². The Hall–Kier alpha value is -2.89. The third-order valence-electron chi connectivity index (χ3n) is 5.10. The van der Waals surface area contributed by atoms with Gasteiger partial charge in [-0.15, -0.1) is 0 Å². The second-order valence-corrected chi connectivity index (χ2v) is 7.73. The van der Waals surface area contributed by atoms with Crippen LogP contribution in [0.4, 0.5) is 5.69 Å². The second kappa shape index (κ2) is 8.86. The molecule has 0 spiro atoms. The molecule has 0 saturated carbocycles. The van der Waals surface area contributed by atoms with E-state index in [9.17, 15) is 4.79 Å². The third-order valence-corrected chi connectivity index (χ3v) is 5.73. The number of imidazole rings is 1. The first-order valence-electron chi connectivity index (χ1n) is 9.69. The fraction of sp³-hybridized carbons (Fsp3) is 0.174. The molecule has 2 aromatic carbocycles. The van der Waals surface area contributed by atoms with E-state index in [1.807, 2.05) is 36.9 Å². The number of carbonyl (C=O) groups excluding carboxylic acids is 1. The molecule has 0 aliphatic heterocycles. The van der Waals surface area contributed by atoms with Gasteiger partial charge in [0.2, 0.25) is 0 Å². The monoisotopic (exact) mass is 438 g/mol. The van der Waals surface area contributed by atoms with Gasteiger partial charge in [-0.1, -0.05) is 48.3 Å². The summed E-state index contributed by atoms with van der Waals surface area (Å²) in [6.45, 7) is 2.94. The highest BCUT2D eigenvalue weighted by molar-refractivity contribution is 6.40. The summed E-state index contributed by atoms with van der Waals surface area (Å²) >= 11 is 12.4. The molecule has 0 radical (unpaired) electrons. The molecule has 0 aliphatic carbocycles. The Bertz CT molecular complexity index is 1190. The highest BCUT2D eigenvalue weighted by atomic mass is 35.5. The molecule has 0 unspecified atom stereocenters. The van der Waals surface area contributed by atoms with Gasteiger partial charge >= 0.3 is 0 Å². The average molecular weight is 439 g/mol. The molecule has 1 N–H and O–H groups in total. The van der Waals surface area contributed by atoms with Gasteiger partial charge in [-0.05, 0) is 42.2 Å². The number of amides is 1. The summed E-state index contributed by atoms with van der Waals surface area (Å²) in [6, 6.07) is 10.8. The summed E-state index contributed by atoms with van der Waals surface area (Å²) in [5, 5.41) is 4.57. The molecule has 0 fully saturated rings. The third kappa shape index (κ3) is 4.04. The largest absolute Gasteiger partial charge is 0.337 e. The van der Waals surface area contributed by atoms with E-state index < -0.39 is 0 Å². The normalized spacial score (nSPS) is 11.0. The molecule has 152 valence electrons. The number of para-hydroxylation sites is 1. The molecular formula is C23H20Cl2N4O. The number of pyridine rings is 1. The number of nitrogens with zero attached hydrogens (tertiary/aromatic N) is 3. The van der Waals surface area contributed by atoms with Gasteiger partial charge in [0, 0.05) is 30.5 Å². The number of nitrogens with one attached hydrogen (secondary N) is 1. The van der Waals surface area contributed by atoms with Crippen LogP contribution in [-0.4, -0.2) is 20.4 Å². The van der Waals surface area contributed by atoms with Gasteiger partial charge in [0.15, 0.2) is 0 Å². The number of benzene rings is 2. The molecule has 2 heterocycles. The zero-order valence-electron chi connectivity index (χ0n) is 16.4. The Morgan fingerprint density at radius 2 is 1.90 bits per heavy atom. The summed E-state index contributed by atoms with van der Waals surface area (Å²) in [5.74, 6) is -0.362. The van der Waals surface area contributed by atoms with Gasteiger partial charge < -0.3 is 9.88 Å². The number of hydrogen-bond donors (Lipinski definition) is 1. The van der Waals surface area contributed by atoms with Crippen molar-refractivity contribution in [1.29, 1.82) is 0 Å². The topological polar surface area (TPSA) is 59.8 Å². The van der Waals surface area contributed by atoms with Crippen LogP contribution in [0.25, 0.3) is 10.9 Å². The van der Waals surface area contributed by atoms with Crippen molar-refractivity contribution in [2.75, 3.05) is 5.32 Å². The highest BCUT2D eigenvalue weighted by Crippen LogP contribution is 2.30. The number of aryl methyl sites for hydroxylation is 3. The lowest BCUT2D eigenvalue weighted by Gasteiger charge is -2.15. The van der Waals surface area contributed by atoms with Crippen LogP contribution in [0.15, 0.2) is 61.3 Å². The van der Waals surface area contributed by atoms with Crippen LogP contribution in [-0.2, 0) is 19.4 Å². The molecule has 4 rings (SSSR count). The first-order valence-corrected chi connectivity index (χ1v) is 10.4. The van der Waals surface area contributed by atoms with Crippen molar-refractivity contribution >= 4 is 45.7 Å². The lowest BCUT2D eigenvalue weighted by Crippen LogP contribution is -2.14. The maximum Gasteiger partial charge on any atom is 0.258 e. The summed E-state index contributed by atoms with van der Waals surface area (Å²) < 4.78 is 2.05. The van der Waals surface area contributed by atoms with E-state index in [2.05, 4.69) is 26.8 Å². The maximum atomic E-state index is 12.9. The predicted octanol–water partition coefficient (Wildman–Crippen LogP) is 5.80. The minimum absolute atomic E-state index is 0.253. The van der Waals surface area contributed by atoms with Crippen molar-refractivity contribution in [1.82, 2.24) is 14.5 Å². The summed E-state index contributed by atoms with van der Waals surface area (Å²) in [4.78, 5) is 21.6. The van der Waals surface area contributed by atoms with Crippen LogP contribution < -0.4 is 5.32 Å². The zero-order chi connectivity index (χ0) is 21.1. The molecule has 0 aliphatic rings. The van der Waals surface area contributed by atoms with E-state index in [1.54, 1.807) is 24.4 Å². The molecule has 2 aromatic heterocycles. The first-order chi connectivity index (χ1) is 14.6. The molecule has 0 bridgehead atoms. The molecule has 7 heteroatoms. The van der Waals surface area contributed by atoms with E-state index in [-0.39, 0.29) is 11.5 Å². The van der Waals surface area contributed by atoms with Crippen molar-refractivity contribution in [3.8, 4) is 0 Å². The van der Waals surface area contributed by atoms with E-state index >= 15 is 0 Å². The molecule has 4 aromatic rings. The van der Waals surface area contributed by atoms with Crippen molar-refractivity contribution < 1.29 is 4.79 Å². The van der Waals surface area contributed by atoms with Gasteiger partial charge in [0.1, 0.15) is 0 Å². The van der Waals surface area contributed by atoms with E-state index in [1.165, 1.54) is 11.1 Å². The number of carbonyl (C=O) groups is 1. The highest BCUT2D eigenvalue weighted by Gasteiger charge is 2.17. The van der Waals surface area contributed by atoms with Crippen molar-refractivity contribution in [3.63, 3.8) is 0 Å². The molecule has 0 atom stereocenters. The van der Waals surface area contributed by atoms with Crippen LogP contribution in [0.3, 0.4) is 0 Å². The van der Waals surface area contributed by atoms with Crippen LogP contribution in [0.2, 0.25) is 10.0 Å². The smallest absolute Gasteiger partial charge is 0.258 e. The number of fused-ring (bicyclic) bond motifs is 1. The van der Waals surface area contributed by atoms with Gasteiger partial charge in [0.25, 0.3) is 5.91 Å². The minimum Gasteiger partial charge on any atom is -0.337 e. The van der Waals surface area contributed by atoms with E-state index in [0.29, 0.717) is 15.7 Å². The molecule has 5 nitrogen and oxygen atoms in total. The Morgan fingerprint density at radius 3 is 2.60 bits per heavy atom. The lowest BCUT2D eigenvalue weighted by atomic mass is 9.98. The number of anilines is 1. The lowest BCUT2D eigenvalue weighted by molar-refractivity contribution is 0.102. The number of rotatable bonds is 6. The van der Waals surface area contributed by atoms with Crippen LogP contribution in [0.5, 0.6) is 0 Å². The van der Waals surface area contributed by atoms with Crippen LogP contribution in [0.1, 0.15) is 28.4 Å². The van der Waals surface area contributed by atoms with Gasteiger partial charge in [0.05, 0.1) is 33.1 Å². The van der Waals surface area contributed by atoms with Crippen LogP contribution >= 0.6 is 23.2 Å². The Morgan fingerprint density at radius 1 is 1.13 bits per heavy atom. The fourth-order valence-electron chi connectivity index (χ4n) is 3.58. The number of aromatic nitrogens is 3. The Kier molecular flexibility index (Phi) is 6.02. The summed E-state index contributed by atoms with van der Waals surface area (Å²) in [7, 11) is 0. The molecule has 0 saturated heterocycles. The van der Waals surface area contributed by atoms with E-state index in [4.69, 9.17) is 23.2 Å². The van der Waals surface area contributed by atoms with Crippen molar-refractivity contribution in [2.24, 2.45) is 0 Å². The SMILES string of the molecule is CCc1cnc2c(NC(=O)c3c(Cl)cccc3Cl)cccc2c1CCn1ccnc1. The van der Waals surface area contributed by atoms with Crippen molar-refractivity contribution in [3.05, 3.63) is 88.1 Å². The quantitative estimate of drug-likeness (QED) is 0.413. The Balaban J connectivity index is 1.71. The van der Waals surface area contributed by atoms with Gasteiger partial charge in [-0.2, -0.15) is 0 Å². The summed E-state index contributed by atoms with van der Waals surface area (Å²) in [5.41, 5.74) is 4.04. The maximum absolute atomic E-state index is 12.9. The van der Waals surface area contributed by atoms with Crippen molar-refractivity contribution in [2.45, 2.75) is 26.3 Å². The van der Waals surface area contributed by atoms with E-state index in [0.717, 1.165) is 30.3 Å². The minimum atomic E-state index is -0.362. The number of halogens is 2. The average Bonchev–Trinajstić information content (AvgIpc) is 3.25. The first kappa shape index (κ1) is 20.4. The molecule has 1 amide bonds. The standard InChI is InChI=1S/C23H20Cl2N4O/c1-2-15-13-27-22-17(16(15)9-11-29-12-10-26-14-29)5-3-8-20(22)28-23(30)21-18(24)6-4-7-19(21)25/h3-8,10,12-14H,2,9,11H2,1H3,(H,28,30). The van der Waals surface area contributed by atoms with Gasteiger partial charge in [-0.3, -0.25) is 9.78 Å².